The van der Waals surface area contributed by atoms with Crippen molar-refractivity contribution in [3.8, 4) is 0 Å². The van der Waals surface area contributed by atoms with Crippen molar-refractivity contribution in [3.63, 3.8) is 0 Å². The van der Waals surface area contributed by atoms with Crippen molar-refractivity contribution in [2.45, 2.75) is 97.8 Å². The molecule has 0 aromatic heterocycles. The number of esters is 2. The third-order valence-electron chi connectivity index (χ3n) is 7.82. The van der Waals surface area contributed by atoms with Crippen molar-refractivity contribution in [3.05, 3.63) is 96.6 Å². The fourth-order valence-electron chi connectivity index (χ4n) is 5.48. The van der Waals surface area contributed by atoms with E-state index in [-0.39, 0.29) is 11.6 Å². The second-order valence-electron chi connectivity index (χ2n) is 13.6. The summed E-state index contributed by atoms with van der Waals surface area (Å²) in [7, 11) is -2.56. The number of rotatable bonds is 14. The molecule has 3 rings (SSSR count). The molecule has 0 heterocycles. The lowest BCUT2D eigenvalue weighted by Gasteiger charge is -2.43. The van der Waals surface area contributed by atoms with Crippen molar-refractivity contribution in [2.75, 3.05) is 6.61 Å². The van der Waals surface area contributed by atoms with Crippen LogP contribution in [0.2, 0.25) is 5.04 Å². The van der Waals surface area contributed by atoms with Gasteiger partial charge < -0.3 is 13.9 Å². The molecule has 3 aromatic rings. The average molecular weight is 603 g/mol. The van der Waals surface area contributed by atoms with Crippen molar-refractivity contribution < 1.29 is 23.5 Å². The van der Waals surface area contributed by atoms with Gasteiger partial charge in [-0.1, -0.05) is 131 Å². The molecule has 43 heavy (non-hydrogen) atoms. The van der Waals surface area contributed by atoms with Gasteiger partial charge >= 0.3 is 11.9 Å². The van der Waals surface area contributed by atoms with E-state index >= 15 is 0 Å². The summed E-state index contributed by atoms with van der Waals surface area (Å²) in [5.74, 6) is -1.08. The lowest BCUT2D eigenvalue weighted by Crippen LogP contribution is -2.66. The van der Waals surface area contributed by atoms with E-state index in [9.17, 15) is 9.59 Å². The zero-order chi connectivity index (χ0) is 31.6. The molecule has 0 amide bonds. The molecule has 0 aliphatic rings. The van der Waals surface area contributed by atoms with Crippen molar-refractivity contribution in [1.82, 2.24) is 0 Å². The van der Waals surface area contributed by atoms with Crippen molar-refractivity contribution in [1.29, 1.82) is 0 Å². The van der Waals surface area contributed by atoms with E-state index in [2.05, 4.69) is 81.4 Å². The summed E-state index contributed by atoms with van der Waals surface area (Å²) in [5, 5.41) is 2.48. The molecule has 0 fully saturated rings. The van der Waals surface area contributed by atoms with Crippen LogP contribution in [0.15, 0.2) is 91.0 Å². The van der Waals surface area contributed by atoms with Crippen LogP contribution in [0.25, 0.3) is 0 Å². The SMILES string of the molecule is CC(C)(C)OC(=O)C(C)(CCCCCCO[Si](c1ccccc1)(c1ccccc1)C(C)(C)C)C(=O)OCc1ccccc1. The summed E-state index contributed by atoms with van der Waals surface area (Å²) >= 11 is 0. The molecule has 0 saturated carbocycles. The van der Waals surface area contributed by atoms with Gasteiger partial charge in [0.05, 0.1) is 0 Å². The third-order valence-corrected chi connectivity index (χ3v) is 12.9. The molecule has 0 aliphatic heterocycles. The molecule has 0 aliphatic carbocycles. The van der Waals surface area contributed by atoms with Gasteiger partial charge in [0.15, 0.2) is 5.41 Å². The fraction of sp³-hybridized carbons (Fsp3) is 0.459. The first-order valence-corrected chi connectivity index (χ1v) is 17.4. The standard InChI is InChI=1S/C37H50O5Si/c1-35(2,3)42-34(39)37(7,33(38)40-29-30-21-13-10-14-22-30)27-19-8-9-20-28-41-43(36(4,5)6,31-23-15-11-16-24-31)32-25-17-12-18-26-32/h10-18,21-26H,8-9,19-20,27-29H2,1-7H3. The van der Waals surface area contributed by atoms with Gasteiger partial charge in [0.2, 0.25) is 0 Å². The molecule has 232 valence electrons. The highest BCUT2D eigenvalue weighted by Gasteiger charge is 2.50. The zero-order valence-corrected chi connectivity index (χ0v) is 28.2. The van der Waals surface area contributed by atoms with Crippen LogP contribution in [0.5, 0.6) is 0 Å². The summed E-state index contributed by atoms with van der Waals surface area (Å²) in [6, 6.07) is 30.8. The molecule has 6 heteroatoms. The minimum absolute atomic E-state index is 0.0644. The van der Waals surface area contributed by atoms with Gasteiger partial charge in [-0.15, -0.1) is 0 Å². The lowest BCUT2D eigenvalue weighted by molar-refractivity contribution is -0.179. The largest absolute Gasteiger partial charge is 0.460 e. The van der Waals surface area contributed by atoms with E-state index in [1.54, 1.807) is 6.92 Å². The summed E-state index contributed by atoms with van der Waals surface area (Å²) in [5.41, 5.74) is -1.19. The Morgan fingerprint density at radius 1 is 0.628 bits per heavy atom. The maximum atomic E-state index is 13.3. The lowest BCUT2D eigenvalue weighted by atomic mass is 9.84. The third kappa shape index (κ3) is 9.13. The van der Waals surface area contributed by atoms with E-state index in [4.69, 9.17) is 13.9 Å². The van der Waals surface area contributed by atoms with Crippen LogP contribution in [0.4, 0.5) is 0 Å². The maximum absolute atomic E-state index is 13.3. The van der Waals surface area contributed by atoms with Crippen LogP contribution in [-0.2, 0) is 30.1 Å². The predicted molar refractivity (Wildman–Crippen MR) is 177 cm³/mol. The Morgan fingerprint density at radius 2 is 1.12 bits per heavy atom. The molecular weight excluding hydrogens is 552 g/mol. The Labute approximate surface area is 260 Å². The smallest absolute Gasteiger partial charge is 0.323 e. The first kappa shape index (κ1) is 34.3. The van der Waals surface area contributed by atoms with Gasteiger partial charge in [0, 0.05) is 6.61 Å². The molecular formula is C37H50O5Si. The van der Waals surface area contributed by atoms with Gasteiger partial charge in [-0.05, 0) is 61.5 Å². The van der Waals surface area contributed by atoms with E-state index in [0.717, 1.165) is 24.8 Å². The molecule has 1 atom stereocenters. The minimum atomic E-state index is -2.56. The molecule has 0 bridgehead atoms. The second-order valence-corrected chi connectivity index (χ2v) is 17.9. The maximum Gasteiger partial charge on any atom is 0.323 e. The fourth-order valence-corrected chi connectivity index (χ4v) is 10.1. The van der Waals surface area contributed by atoms with Gasteiger partial charge in [0.25, 0.3) is 8.32 Å². The van der Waals surface area contributed by atoms with Crippen LogP contribution >= 0.6 is 0 Å². The van der Waals surface area contributed by atoms with Crippen LogP contribution in [0.3, 0.4) is 0 Å². The van der Waals surface area contributed by atoms with Crippen molar-refractivity contribution in [2.24, 2.45) is 5.41 Å². The van der Waals surface area contributed by atoms with Gasteiger partial charge in [-0.2, -0.15) is 0 Å². The van der Waals surface area contributed by atoms with Gasteiger partial charge in [-0.3, -0.25) is 9.59 Å². The van der Waals surface area contributed by atoms with E-state index in [0.29, 0.717) is 19.4 Å². The van der Waals surface area contributed by atoms with E-state index in [1.807, 2.05) is 51.1 Å². The monoisotopic (exact) mass is 602 g/mol. The number of hydrogen-bond donors (Lipinski definition) is 0. The predicted octanol–water partition coefficient (Wildman–Crippen LogP) is 7.60. The van der Waals surface area contributed by atoms with Crippen LogP contribution in [0.1, 0.15) is 86.1 Å². The Kier molecular flexibility index (Phi) is 11.9. The topological polar surface area (TPSA) is 61.8 Å². The second kappa shape index (κ2) is 15.0. The molecule has 0 N–H and O–H groups in total. The molecule has 5 nitrogen and oxygen atoms in total. The average Bonchev–Trinajstić information content (AvgIpc) is 2.97. The Bertz CT molecular complexity index is 1240. The quantitative estimate of drug-likeness (QED) is 0.0823. The summed E-state index contributed by atoms with van der Waals surface area (Å²) in [4.78, 5) is 26.5. The zero-order valence-electron chi connectivity index (χ0n) is 27.2. The molecule has 0 saturated heterocycles. The summed E-state index contributed by atoms with van der Waals surface area (Å²) < 4.78 is 18.3. The van der Waals surface area contributed by atoms with Crippen molar-refractivity contribution >= 4 is 30.6 Å². The first-order chi connectivity index (χ1) is 20.3. The normalized spacial score (nSPS) is 13.7. The molecule has 0 spiro atoms. The highest BCUT2D eigenvalue weighted by Crippen LogP contribution is 2.37. The summed E-state index contributed by atoms with van der Waals surface area (Å²) in [6.45, 7) is 14.7. The number of unbranched alkanes of at least 4 members (excludes halogenated alkanes) is 3. The molecule has 0 radical (unpaired) electrons. The Balaban J connectivity index is 1.63. The Hall–Kier alpha value is -3.22. The highest BCUT2D eigenvalue weighted by atomic mass is 28.4. The number of carbonyl (C=O) groups is 2. The molecule has 1 unspecified atom stereocenters. The van der Waals surface area contributed by atoms with E-state index in [1.165, 1.54) is 10.4 Å². The number of ether oxygens (including phenoxy) is 2. The minimum Gasteiger partial charge on any atom is -0.460 e. The molecule has 3 aromatic carbocycles. The highest BCUT2D eigenvalue weighted by molar-refractivity contribution is 6.99. The number of carbonyl (C=O) groups excluding carboxylic acids is 2. The Morgan fingerprint density at radius 3 is 1.60 bits per heavy atom. The number of benzene rings is 3. The number of hydrogen-bond acceptors (Lipinski definition) is 5. The van der Waals surface area contributed by atoms with Gasteiger partial charge in [-0.25, -0.2) is 0 Å². The van der Waals surface area contributed by atoms with Gasteiger partial charge in [0.1, 0.15) is 12.2 Å². The van der Waals surface area contributed by atoms with Crippen LogP contribution < -0.4 is 10.4 Å². The van der Waals surface area contributed by atoms with Crippen LogP contribution in [-0.4, -0.2) is 32.5 Å². The summed E-state index contributed by atoms with van der Waals surface area (Å²) in [6.07, 6.45) is 3.77. The first-order valence-electron chi connectivity index (χ1n) is 15.5. The van der Waals surface area contributed by atoms with E-state index < -0.39 is 31.3 Å². The van der Waals surface area contributed by atoms with Crippen LogP contribution in [0, 0.1) is 5.41 Å².